The molecule has 2 aromatic carbocycles. The number of benzene rings is 2. The second kappa shape index (κ2) is 5.68. The lowest BCUT2D eigenvalue weighted by Crippen LogP contribution is -2.30. The number of rotatable bonds is 4. The van der Waals surface area contributed by atoms with Gasteiger partial charge in [0.25, 0.3) is 0 Å². The minimum absolute atomic E-state index is 0.165. The maximum atomic E-state index is 11.5. The fourth-order valence-electron chi connectivity index (χ4n) is 2.19. The van der Waals surface area contributed by atoms with Gasteiger partial charge in [-0.25, -0.2) is 5.84 Å². The number of carbonyl (C=O) groups excluding carboxylic acids is 1. The Labute approximate surface area is 121 Å². The first-order chi connectivity index (χ1) is 10.3. The van der Waals surface area contributed by atoms with Crippen molar-refractivity contribution in [2.45, 2.75) is 6.61 Å². The van der Waals surface area contributed by atoms with Gasteiger partial charge in [0, 0.05) is 10.9 Å². The van der Waals surface area contributed by atoms with Crippen molar-refractivity contribution in [2.75, 3.05) is 0 Å². The van der Waals surface area contributed by atoms with E-state index in [0.29, 0.717) is 5.56 Å². The Morgan fingerprint density at radius 2 is 1.95 bits per heavy atom. The third-order valence-electron chi connectivity index (χ3n) is 3.22. The van der Waals surface area contributed by atoms with Crippen molar-refractivity contribution in [3.63, 3.8) is 0 Å². The fraction of sp³-hybridized carbons (Fsp3) is 0.0625. The van der Waals surface area contributed by atoms with Gasteiger partial charge in [-0.15, -0.1) is 0 Å². The Hall–Kier alpha value is -2.79. The van der Waals surface area contributed by atoms with Gasteiger partial charge in [0.05, 0.1) is 6.26 Å². The van der Waals surface area contributed by atoms with Gasteiger partial charge in [-0.05, 0) is 17.5 Å². The van der Waals surface area contributed by atoms with Crippen molar-refractivity contribution in [2.24, 2.45) is 5.84 Å². The number of fused-ring (bicyclic) bond motifs is 1. The molecule has 0 aliphatic carbocycles. The number of ether oxygens (including phenoxy) is 1. The normalized spacial score (nSPS) is 10.5. The van der Waals surface area contributed by atoms with Crippen LogP contribution in [0.4, 0.5) is 0 Å². The zero-order valence-corrected chi connectivity index (χ0v) is 11.2. The summed E-state index contributed by atoms with van der Waals surface area (Å²) in [6.45, 7) is 0.229. The SMILES string of the molecule is NNC(=O)c1occc1COc1cccc2ccccc12. The van der Waals surface area contributed by atoms with Gasteiger partial charge in [-0.3, -0.25) is 10.2 Å². The van der Waals surface area contributed by atoms with E-state index in [0.717, 1.165) is 16.5 Å². The molecule has 5 heteroatoms. The van der Waals surface area contributed by atoms with E-state index < -0.39 is 5.91 Å². The molecular weight excluding hydrogens is 268 g/mol. The molecule has 0 spiro atoms. The van der Waals surface area contributed by atoms with E-state index in [-0.39, 0.29) is 12.4 Å². The minimum atomic E-state index is -0.475. The van der Waals surface area contributed by atoms with Gasteiger partial charge < -0.3 is 9.15 Å². The lowest BCUT2D eigenvalue weighted by Gasteiger charge is -2.09. The molecule has 1 heterocycles. The van der Waals surface area contributed by atoms with Crippen LogP contribution in [-0.2, 0) is 6.61 Å². The van der Waals surface area contributed by atoms with E-state index in [1.54, 1.807) is 6.07 Å². The fourth-order valence-corrected chi connectivity index (χ4v) is 2.19. The highest BCUT2D eigenvalue weighted by Gasteiger charge is 2.14. The maximum Gasteiger partial charge on any atom is 0.301 e. The van der Waals surface area contributed by atoms with Crippen molar-refractivity contribution >= 4 is 16.7 Å². The largest absolute Gasteiger partial charge is 0.488 e. The van der Waals surface area contributed by atoms with E-state index in [1.165, 1.54) is 6.26 Å². The Bertz CT molecular complexity index is 775. The second-order valence-corrected chi connectivity index (χ2v) is 4.51. The smallest absolute Gasteiger partial charge is 0.301 e. The molecule has 106 valence electrons. The van der Waals surface area contributed by atoms with Gasteiger partial charge in [-0.1, -0.05) is 36.4 Å². The van der Waals surface area contributed by atoms with E-state index >= 15 is 0 Å². The Morgan fingerprint density at radius 3 is 2.81 bits per heavy atom. The summed E-state index contributed by atoms with van der Waals surface area (Å²) in [6, 6.07) is 15.5. The summed E-state index contributed by atoms with van der Waals surface area (Å²) >= 11 is 0. The van der Waals surface area contributed by atoms with E-state index in [9.17, 15) is 4.79 Å². The molecular formula is C16H14N2O3. The van der Waals surface area contributed by atoms with Gasteiger partial charge in [0.2, 0.25) is 0 Å². The molecule has 0 saturated heterocycles. The number of nitrogens with one attached hydrogen (secondary N) is 1. The number of nitrogen functional groups attached to an aromatic ring is 1. The van der Waals surface area contributed by atoms with Gasteiger partial charge in [-0.2, -0.15) is 0 Å². The average molecular weight is 282 g/mol. The number of hydrogen-bond donors (Lipinski definition) is 2. The molecule has 5 nitrogen and oxygen atoms in total. The first-order valence-corrected chi connectivity index (χ1v) is 6.47. The molecule has 1 aromatic heterocycles. The van der Waals surface area contributed by atoms with Crippen molar-refractivity contribution < 1.29 is 13.9 Å². The highest BCUT2D eigenvalue weighted by molar-refractivity contribution is 5.92. The van der Waals surface area contributed by atoms with E-state index in [4.69, 9.17) is 15.0 Å². The maximum absolute atomic E-state index is 11.5. The molecule has 0 atom stereocenters. The number of furan rings is 1. The van der Waals surface area contributed by atoms with Crippen LogP contribution in [0, 0.1) is 0 Å². The van der Waals surface area contributed by atoms with Gasteiger partial charge in [0.1, 0.15) is 12.4 Å². The molecule has 0 radical (unpaired) electrons. The molecule has 0 unspecified atom stereocenters. The lowest BCUT2D eigenvalue weighted by molar-refractivity contribution is 0.0922. The van der Waals surface area contributed by atoms with Crippen molar-refractivity contribution in [3.05, 3.63) is 66.1 Å². The molecule has 0 fully saturated rings. The third-order valence-corrected chi connectivity index (χ3v) is 3.22. The standard InChI is InChI=1S/C16H14N2O3/c17-18-16(19)15-12(8-9-20-15)10-21-14-7-3-5-11-4-1-2-6-13(11)14/h1-9H,10,17H2,(H,18,19). The lowest BCUT2D eigenvalue weighted by atomic mass is 10.1. The molecule has 21 heavy (non-hydrogen) atoms. The van der Waals surface area contributed by atoms with Crippen LogP contribution in [0.15, 0.2) is 59.2 Å². The molecule has 0 bridgehead atoms. The summed E-state index contributed by atoms with van der Waals surface area (Å²) in [5.41, 5.74) is 2.69. The van der Waals surface area contributed by atoms with Crippen LogP contribution in [-0.4, -0.2) is 5.91 Å². The van der Waals surface area contributed by atoms with Crippen LogP contribution in [0.1, 0.15) is 16.1 Å². The van der Waals surface area contributed by atoms with Crippen LogP contribution >= 0.6 is 0 Å². The number of nitrogens with two attached hydrogens (primary N) is 1. The summed E-state index contributed by atoms with van der Waals surface area (Å²) in [5.74, 6) is 5.56. The van der Waals surface area contributed by atoms with Crippen LogP contribution in [0.5, 0.6) is 5.75 Å². The van der Waals surface area contributed by atoms with E-state index in [2.05, 4.69) is 0 Å². The first-order valence-electron chi connectivity index (χ1n) is 6.47. The second-order valence-electron chi connectivity index (χ2n) is 4.51. The van der Waals surface area contributed by atoms with Crippen LogP contribution in [0.25, 0.3) is 10.8 Å². The molecule has 0 aliphatic heterocycles. The number of hydrazine groups is 1. The van der Waals surface area contributed by atoms with Crippen LogP contribution in [0.3, 0.4) is 0 Å². The zero-order chi connectivity index (χ0) is 14.7. The minimum Gasteiger partial charge on any atom is -0.488 e. The Kier molecular flexibility index (Phi) is 3.57. The number of hydrogen-bond acceptors (Lipinski definition) is 4. The van der Waals surface area contributed by atoms with Crippen LogP contribution < -0.4 is 16.0 Å². The summed E-state index contributed by atoms with van der Waals surface area (Å²) in [4.78, 5) is 11.5. The van der Waals surface area contributed by atoms with Gasteiger partial charge in [0.15, 0.2) is 5.76 Å². The Morgan fingerprint density at radius 1 is 1.14 bits per heavy atom. The van der Waals surface area contributed by atoms with Crippen molar-refractivity contribution in [1.82, 2.24) is 5.43 Å². The molecule has 1 amide bonds. The van der Waals surface area contributed by atoms with Gasteiger partial charge >= 0.3 is 5.91 Å². The highest BCUT2D eigenvalue weighted by Crippen LogP contribution is 2.26. The molecule has 3 N–H and O–H groups in total. The van der Waals surface area contributed by atoms with Crippen LogP contribution in [0.2, 0.25) is 0 Å². The molecule has 3 rings (SSSR count). The third kappa shape index (κ3) is 2.59. The molecule has 0 aliphatic rings. The number of amides is 1. The average Bonchev–Trinajstić information content (AvgIpc) is 3.00. The zero-order valence-electron chi connectivity index (χ0n) is 11.2. The van der Waals surface area contributed by atoms with E-state index in [1.807, 2.05) is 47.9 Å². The topological polar surface area (TPSA) is 77.5 Å². The Balaban J connectivity index is 1.84. The van der Waals surface area contributed by atoms with Crippen molar-refractivity contribution in [1.29, 1.82) is 0 Å². The summed E-state index contributed by atoms with van der Waals surface area (Å²) in [6.07, 6.45) is 1.44. The number of carbonyl (C=O) groups is 1. The highest BCUT2D eigenvalue weighted by atomic mass is 16.5. The monoisotopic (exact) mass is 282 g/mol. The predicted octanol–water partition coefficient (Wildman–Crippen LogP) is 2.62. The predicted molar refractivity (Wildman–Crippen MR) is 78.6 cm³/mol. The summed E-state index contributed by atoms with van der Waals surface area (Å²) in [7, 11) is 0. The summed E-state index contributed by atoms with van der Waals surface area (Å²) < 4.78 is 10.9. The molecule has 0 saturated carbocycles. The van der Waals surface area contributed by atoms with Crippen molar-refractivity contribution in [3.8, 4) is 5.75 Å². The molecule has 3 aromatic rings. The quantitative estimate of drug-likeness (QED) is 0.438. The first kappa shape index (κ1) is 13.2. The summed E-state index contributed by atoms with van der Waals surface area (Å²) in [5, 5.41) is 2.12.